The summed E-state index contributed by atoms with van der Waals surface area (Å²) in [6.45, 7) is 2.67. The summed E-state index contributed by atoms with van der Waals surface area (Å²) < 4.78 is 27.9. The number of benzene rings is 1. The first-order valence-corrected chi connectivity index (χ1v) is 12.5. The van der Waals surface area contributed by atoms with E-state index >= 15 is 0 Å². The fourth-order valence-corrected chi connectivity index (χ4v) is 7.57. The van der Waals surface area contributed by atoms with E-state index in [1.54, 1.807) is 6.07 Å². The Labute approximate surface area is 177 Å². The van der Waals surface area contributed by atoms with Gasteiger partial charge in [-0.15, -0.1) is 11.3 Å². The highest BCUT2D eigenvalue weighted by atomic mass is 32.2. The van der Waals surface area contributed by atoms with Crippen LogP contribution in [0.4, 0.5) is 0 Å². The van der Waals surface area contributed by atoms with Gasteiger partial charge in [-0.1, -0.05) is 24.3 Å². The Kier molecular flexibility index (Phi) is 5.82. The molecule has 1 aliphatic heterocycles. The van der Waals surface area contributed by atoms with Gasteiger partial charge >= 0.3 is 0 Å². The molecule has 2 aliphatic rings. The number of carbonyl (C=O) groups excluding carboxylic acids is 1. The highest BCUT2D eigenvalue weighted by Crippen LogP contribution is 2.35. The zero-order valence-electron chi connectivity index (χ0n) is 17.0. The van der Waals surface area contributed by atoms with Crippen LogP contribution in [0.25, 0.3) is 0 Å². The molecule has 1 aliphatic carbocycles. The van der Waals surface area contributed by atoms with Crippen molar-refractivity contribution in [1.29, 1.82) is 0 Å². The fraction of sp³-hybridized carbons (Fsp3) is 0.500. The molecule has 0 radical (unpaired) electrons. The van der Waals surface area contributed by atoms with Crippen molar-refractivity contribution in [1.82, 2.24) is 9.21 Å². The first-order valence-electron chi connectivity index (χ1n) is 10.3. The molecule has 0 bridgehead atoms. The van der Waals surface area contributed by atoms with Crippen molar-refractivity contribution in [3.05, 3.63) is 52.4 Å². The van der Waals surface area contributed by atoms with Crippen LogP contribution in [0.5, 0.6) is 0 Å². The lowest BCUT2D eigenvalue weighted by atomic mass is 9.86. The van der Waals surface area contributed by atoms with Gasteiger partial charge in [0.25, 0.3) is 10.0 Å². The lowest BCUT2D eigenvalue weighted by Gasteiger charge is -2.38. The van der Waals surface area contributed by atoms with Crippen molar-refractivity contribution in [2.75, 3.05) is 20.1 Å². The van der Waals surface area contributed by atoms with Crippen LogP contribution < -0.4 is 0 Å². The molecular formula is C22H28N2O3S2. The van der Waals surface area contributed by atoms with Crippen LogP contribution in [0.2, 0.25) is 0 Å². The highest BCUT2D eigenvalue weighted by molar-refractivity contribution is 7.91. The number of rotatable bonds is 4. The Morgan fingerprint density at radius 3 is 2.69 bits per heavy atom. The molecule has 156 valence electrons. The van der Waals surface area contributed by atoms with Gasteiger partial charge in [0.05, 0.1) is 12.0 Å². The van der Waals surface area contributed by atoms with E-state index in [0.29, 0.717) is 10.8 Å². The van der Waals surface area contributed by atoms with Crippen molar-refractivity contribution in [3.63, 3.8) is 0 Å². The molecule has 2 atom stereocenters. The third-order valence-corrected chi connectivity index (χ3v) is 9.53. The van der Waals surface area contributed by atoms with E-state index in [2.05, 4.69) is 18.2 Å². The number of amides is 1. The van der Waals surface area contributed by atoms with Gasteiger partial charge in [-0.2, -0.15) is 4.31 Å². The van der Waals surface area contributed by atoms with E-state index in [9.17, 15) is 13.2 Å². The molecule has 0 unspecified atom stereocenters. The summed E-state index contributed by atoms with van der Waals surface area (Å²) in [4.78, 5) is 16.2. The van der Waals surface area contributed by atoms with E-state index in [1.165, 1.54) is 26.8 Å². The second-order valence-corrected chi connectivity index (χ2v) is 11.6. The van der Waals surface area contributed by atoms with Crippen molar-refractivity contribution in [2.24, 2.45) is 5.92 Å². The molecule has 1 amide bonds. The maximum atomic E-state index is 13.3. The molecule has 5 nitrogen and oxygen atoms in total. The van der Waals surface area contributed by atoms with Crippen LogP contribution >= 0.6 is 11.3 Å². The molecule has 1 fully saturated rings. The number of carbonyl (C=O) groups is 1. The van der Waals surface area contributed by atoms with Crippen LogP contribution in [0.3, 0.4) is 0 Å². The first-order chi connectivity index (χ1) is 13.9. The summed E-state index contributed by atoms with van der Waals surface area (Å²) in [5, 5.41) is 0. The fourth-order valence-electron chi connectivity index (χ4n) is 4.61. The van der Waals surface area contributed by atoms with E-state index in [1.807, 2.05) is 31.0 Å². The Morgan fingerprint density at radius 2 is 1.93 bits per heavy atom. The summed E-state index contributed by atoms with van der Waals surface area (Å²) in [5.74, 6) is -0.215. The molecule has 2 aromatic rings. The first kappa shape index (κ1) is 20.6. The van der Waals surface area contributed by atoms with Gasteiger partial charge in [-0.05, 0) is 62.3 Å². The van der Waals surface area contributed by atoms with E-state index in [0.717, 1.165) is 37.0 Å². The third-order valence-electron chi connectivity index (χ3n) is 6.20. The molecule has 1 saturated heterocycles. The lowest BCUT2D eigenvalue weighted by molar-refractivity contribution is -0.138. The number of sulfonamides is 1. The van der Waals surface area contributed by atoms with Crippen molar-refractivity contribution in [2.45, 2.75) is 49.3 Å². The van der Waals surface area contributed by atoms with Crippen LogP contribution in [-0.2, 0) is 21.2 Å². The Morgan fingerprint density at radius 1 is 1.14 bits per heavy atom. The largest absolute Gasteiger partial charge is 0.338 e. The number of hydrogen-bond donors (Lipinski definition) is 0. The topological polar surface area (TPSA) is 57.7 Å². The summed E-state index contributed by atoms with van der Waals surface area (Å²) in [6, 6.07) is 12.0. The predicted octanol–water partition coefficient (Wildman–Crippen LogP) is 3.99. The molecular weight excluding hydrogens is 404 g/mol. The average Bonchev–Trinajstić information content (AvgIpc) is 3.19. The quantitative estimate of drug-likeness (QED) is 0.734. The summed E-state index contributed by atoms with van der Waals surface area (Å²) in [5.41, 5.74) is 2.56. The number of hydrogen-bond acceptors (Lipinski definition) is 4. The van der Waals surface area contributed by atoms with Gasteiger partial charge < -0.3 is 4.90 Å². The van der Waals surface area contributed by atoms with E-state index < -0.39 is 10.0 Å². The standard InChI is InChI=1S/C22H28N2O3S2/c1-16-12-13-21(28-16)29(26,27)24-14-6-9-18(15-24)22(25)23(2)20-11-5-8-17-7-3-4-10-19(17)20/h3-4,7,10,12-13,18,20H,5-6,8-9,11,14-15H2,1-2H3/t18-,20+/m0/s1. The minimum atomic E-state index is -3.53. The SMILES string of the molecule is Cc1ccc(S(=O)(=O)N2CCC[C@H](C(=O)N(C)[C@@H]3CCCc4ccccc43)C2)s1. The van der Waals surface area contributed by atoms with Crippen molar-refractivity contribution < 1.29 is 13.2 Å². The predicted molar refractivity (Wildman–Crippen MR) is 115 cm³/mol. The summed E-state index contributed by atoms with van der Waals surface area (Å²) >= 11 is 1.29. The highest BCUT2D eigenvalue weighted by Gasteiger charge is 2.37. The monoisotopic (exact) mass is 432 g/mol. The molecule has 0 saturated carbocycles. The maximum absolute atomic E-state index is 13.3. The summed E-state index contributed by atoms with van der Waals surface area (Å²) in [6.07, 6.45) is 4.55. The second-order valence-electron chi connectivity index (χ2n) is 8.12. The van der Waals surface area contributed by atoms with Gasteiger partial charge in [0.15, 0.2) is 0 Å². The molecule has 0 spiro atoms. The number of thiophene rings is 1. The Hall–Kier alpha value is -1.70. The Balaban J connectivity index is 1.51. The molecule has 1 aromatic heterocycles. The van der Waals surface area contributed by atoms with Gasteiger partial charge in [0, 0.05) is 25.0 Å². The maximum Gasteiger partial charge on any atom is 0.252 e. The van der Waals surface area contributed by atoms with Gasteiger partial charge in [0.2, 0.25) is 5.91 Å². The molecule has 29 heavy (non-hydrogen) atoms. The van der Waals surface area contributed by atoms with E-state index in [4.69, 9.17) is 0 Å². The molecule has 0 N–H and O–H groups in total. The molecule has 4 rings (SSSR count). The minimum Gasteiger partial charge on any atom is -0.338 e. The summed E-state index contributed by atoms with van der Waals surface area (Å²) in [7, 11) is -1.65. The smallest absolute Gasteiger partial charge is 0.252 e. The van der Waals surface area contributed by atoms with Crippen LogP contribution in [0, 0.1) is 12.8 Å². The van der Waals surface area contributed by atoms with Crippen molar-refractivity contribution >= 4 is 27.3 Å². The van der Waals surface area contributed by atoms with Crippen LogP contribution in [0.15, 0.2) is 40.6 Å². The number of fused-ring (bicyclic) bond motifs is 1. The zero-order valence-corrected chi connectivity index (χ0v) is 18.6. The van der Waals surface area contributed by atoms with Crippen LogP contribution in [0.1, 0.15) is 47.7 Å². The Bertz CT molecular complexity index is 999. The van der Waals surface area contributed by atoms with Gasteiger partial charge in [-0.3, -0.25) is 4.79 Å². The zero-order chi connectivity index (χ0) is 20.6. The van der Waals surface area contributed by atoms with Crippen molar-refractivity contribution in [3.8, 4) is 0 Å². The van der Waals surface area contributed by atoms with Gasteiger partial charge in [-0.25, -0.2) is 8.42 Å². The second kappa shape index (κ2) is 8.20. The third kappa shape index (κ3) is 4.00. The molecule has 7 heteroatoms. The average molecular weight is 433 g/mol. The number of piperidine rings is 1. The normalized spacial score (nSPS) is 22.8. The molecule has 2 heterocycles. The van der Waals surface area contributed by atoms with E-state index in [-0.39, 0.29) is 24.4 Å². The minimum absolute atomic E-state index is 0.0639. The van der Waals surface area contributed by atoms with Crippen LogP contribution in [-0.4, -0.2) is 43.7 Å². The lowest BCUT2D eigenvalue weighted by Crippen LogP contribution is -2.46. The molecule has 1 aromatic carbocycles. The van der Waals surface area contributed by atoms with Gasteiger partial charge in [0.1, 0.15) is 4.21 Å². The number of nitrogens with zero attached hydrogens (tertiary/aromatic N) is 2. The number of aryl methyl sites for hydroxylation is 2.